The van der Waals surface area contributed by atoms with Gasteiger partial charge in [-0.2, -0.15) is 5.10 Å². The minimum absolute atomic E-state index is 0.0618. The molecule has 0 bridgehead atoms. The van der Waals surface area contributed by atoms with Crippen molar-refractivity contribution in [1.29, 1.82) is 0 Å². The molecule has 1 amide bonds. The lowest BCUT2D eigenvalue weighted by Crippen LogP contribution is -2.19. The number of anilines is 1. The van der Waals surface area contributed by atoms with E-state index in [0.717, 1.165) is 5.69 Å². The number of pyridine rings is 1. The van der Waals surface area contributed by atoms with Crippen LogP contribution in [-0.2, 0) is 9.84 Å². The number of hydrogen-bond acceptors (Lipinski definition) is 5. The maximum absolute atomic E-state index is 12.2. The molecule has 1 saturated heterocycles. The van der Waals surface area contributed by atoms with Gasteiger partial charge in [-0.25, -0.2) is 13.1 Å². The standard InChI is InChI=1S/C14H16N4O3S/c1-10-8-13(16-14(19)11-2-5-15-6-3-11)18(17-10)12-4-7-22(20,21)9-12/h2-3,5-6,8,12H,4,7,9H2,1H3,(H,16,19)/t12-/m1/s1. The van der Waals surface area contributed by atoms with Crippen molar-refractivity contribution in [2.45, 2.75) is 19.4 Å². The minimum Gasteiger partial charge on any atom is -0.307 e. The van der Waals surface area contributed by atoms with Gasteiger partial charge >= 0.3 is 0 Å². The summed E-state index contributed by atoms with van der Waals surface area (Å²) in [4.78, 5) is 16.1. The second-order valence-electron chi connectivity index (χ2n) is 5.36. The van der Waals surface area contributed by atoms with E-state index in [9.17, 15) is 13.2 Å². The minimum atomic E-state index is -3.01. The van der Waals surface area contributed by atoms with Crippen molar-refractivity contribution in [3.63, 3.8) is 0 Å². The summed E-state index contributed by atoms with van der Waals surface area (Å²) in [6, 6.07) is 4.74. The molecule has 0 radical (unpaired) electrons. The van der Waals surface area contributed by atoms with Gasteiger partial charge in [0.2, 0.25) is 0 Å². The highest BCUT2D eigenvalue weighted by molar-refractivity contribution is 7.91. The lowest BCUT2D eigenvalue weighted by atomic mass is 10.2. The molecule has 1 aliphatic rings. The molecule has 116 valence electrons. The summed E-state index contributed by atoms with van der Waals surface area (Å²) in [7, 11) is -3.01. The van der Waals surface area contributed by atoms with E-state index in [1.165, 1.54) is 0 Å². The van der Waals surface area contributed by atoms with Gasteiger partial charge in [-0.1, -0.05) is 0 Å². The molecule has 0 spiro atoms. The molecular weight excluding hydrogens is 304 g/mol. The first-order valence-corrected chi connectivity index (χ1v) is 8.75. The molecule has 22 heavy (non-hydrogen) atoms. The highest BCUT2D eigenvalue weighted by Gasteiger charge is 2.31. The summed E-state index contributed by atoms with van der Waals surface area (Å²) < 4.78 is 24.9. The normalized spacial score (nSPS) is 20.0. The van der Waals surface area contributed by atoms with E-state index < -0.39 is 9.84 Å². The molecule has 1 fully saturated rings. The zero-order valence-electron chi connectivity index (χ0n) is 12.1. The third-order valence-electron chi connectivity index (χ3n) is 3.60. The van der Waals surface area contributed by atoms with Crippen LogP contribution < -0.4 is 5.32 Å². The Hall–Kier alpha value is -2.22. The fourth-order valence-corrected chi connectivity index (χ4v) is 4.24. The zero-order chi connectivity index (χ0) is 15.7. The number of amides is 1. The summed E-state index contributed by atoms with van der Waals surface area (Å²) in [5, 5.41) is 7.12. The average Bonchev–Trinajstić information content (AvgIpc) is 3.02. The number of aryl methyl sites for hydroxylation is 1. The second kappa shape index (κ2) is 5.53. The molecule has 7 nitrogen and oxygen atoms in total. The van der Waals surface area contributed by atoms with Gasteiger partial charge in [0.25, 0.3) is 5.91 Å². The quantitative estimate of drug-likeness (QED) is 0.917. The van der Waals surface area contributed by atoms with Gasteiger partial charge in [0.1, 0.15) is 5.82 Å². The van der Waals surface area contributed by atoms with Crippen molar-refractivity contribution in [3.05, 3.63) is 41.9 Å². The van der Waals surface area contributed by atoms with E-state index in [1.54, 1.807) is 35.3 Å². The zero-order valence-corrected chi connectivity index (χ0v) is 12.9. The lowest BCUT2D eigenvalue weighted by molar-refractivity contribution is 0.102. The van der Waals surface area contributed by atoms with Gasteiger partial charge < -0.3 is 5.32 Å². The second-order valence-corrected chi connectivity index (χ2v) is 7.59. The molecule has 3 heterocycles. The maximum Gasteiger partial charge on any atom is 0.256 e. The summed E-state index contributed by atoms with van der Waals surface area (Å²) in [5.74, 6) is 0.464. The fourth-order valence-electron chi connectivity index (χ4n) is 2.55. The first-order valence-electron chi connectivity index (χ1n) is 6.92. The van der Waals surface area contributed by atoms with E-state index >= 15 is 0 Å². The van der Waals surface area contributed by atoms with Crippen molar-refractivity contribution in [2.24, 2.45) is 0 Å². The van der Waals surface area contributed by atoms with E-state index in [1.807, 2.05) is 6.92 Å². The summed E-state index contributed by atoms with van der Waals surface area (Å²) in [5.41, 5.74) is 1.22. The topological polar surface area (TPSA) is 94.0 Å². The fraction of sp³-hybridized carbons (Fsp3) is 0.357. The highest BCUT2D eigenvalue weighted by Crippen LogP contribution is 2.27. The van der Waals surface area contributed by atoms with E-state index in [4.69, 9.17) is 0 Å². The first-order chi connectivity index (χ1) is 10.4. The Morgan fingerprint density at radius 2 is 2.09 bits per heavy atom. The molecule has 2 aromatic heterocycles. The van der Waals surface area contributed by atoms with Crippen LogP contribution in [0, 0.1) is 6.92 Å². The summed E-state index contributed by atoms with van der Waals surface area (Å²) in [6.07, 6.45) is 3.60. The van der Waals surface area contributed by atoms with E-state index in [2.05, 4.69) is 15.4 Å². The Morgan fingerprint density at radius 3 is 2.73 bits per heavy atom. The molecule has 1 atom stereocenters. The van der Waals surface area contributed by atoms with Crippen LogP contribution in [0.15, 0.2) is 30.6 Å². The van der Waals surface area contributed by atoms with Crippen molar-refractivity contribution in [3.8, 4) is 0 Å². The van der Waals surface area contributed by atoms with Gasteiger partial charge in [0.15, 0.2) is 9.84 Å². The third kappa shape index (κ3) is 3.01. The Bertz CT molecular complexity index is 799. The maximum atomic E-state index is 12.2. The van der Waals surface area contributed by atoms with Gasteiger partial charge in [-0.15, -0.1) is 0 Å². The molecule has 0 unspecified atom stereocenters. The largest absolute Gasteiger partial charge is 0.307 e. The van der Waals surface area contributed by atoms with Gasteiger partial charge in [0, 0.05) is 24.0 Å². The van der Waals surface area contributed by atoms with Crippen LogP contribution in [-0.4, -0.2) is 40.6 Å². The third-order valence-corrected chi connectivity index (χ3v) is 5.35. The Kier molecular flexibility index (Phi) is 3.69. The van der Waals surface area contributed by atoms with Gasteiger partial charge in [0.05, 0.1) is 23.2 Å². The number of hydrogen-bond donors (Lipinski definition) is 1. The number of carbonyl (C=O) groups excluding carboxylic acids is 1. The van der Waals surface area contributed by atoms with Crippen LogP contribution in [0.4, 0.5) is 5.82 Å². The molecule has 0 aromatic carbocycles. The van der Waals surface area contributed by atoms with Crippen LogP contribution in [0.2, 0.25) is 0 Å². The Labute approximate surface area is 128 Å². The number of aromatic nitrogens is 3. The van der Waals surface area contributed by atoms with Crippen LogP contribution in [0.5, 0.6) is 0 Å². The molecule has 1 N–H and O–H groups in total. The molecule has 8 heteroatoms. The molecule has 3 rings (SSSR count). The Balaban J connectivity index is 1.84. The predicted octanol–water partition coefficient (Wildman–Crippen LogP) is 1.20. The number of carbonyl (C=O) groups is 1. The van der Waals surface area contributed by atoms with Crippen LogP contribution in [0.3, 0.4) is 0 Å². The van der Waals surface area contributed by atoms with E-state index in [0.29, 0.717) is 17.8 Å². The molecule has 1 aliphatic heterocycles. The number of sulfone groups is 1. The number of rotatable bonds is 3. The molecule has 0 aliphatic carbocycles. The molecule has 0 saturated carbocycles. The predicted molar refractivity (Wildman–Crippen MR) is 81.5 cm³/mol. The van der Waals surface area contributed by atoms with Crippen molar-refractivity contribution in [2.75, 3.05) is 16.8 Å². The van der Waals surface area contributed by atoms with E-state index in [-0.39, 0.29) is 23.5 Å². The highest BCUT2D eigenvalue weighted by atomic mass is 32.2. The van der Waals surface area contributed by atoms with Gasteiger partial charge in [-0.3, -0.25) is 9.78 Å². The molecular formula is C14H16N4O3S. The van der Waals surface area contributed by atoms with Crippen LogP contribution >= 0.6 is 0 Å². The van der Waals surface area contributed by atoms with Gasteiger partial charge in [-0.05, 0) is 25.5 Å². The number of nitrogens with one attached hydrogen (secondary N) is 1. The average molecular weight is 320 g/mol. The van der Waals surface area contributed by atoms with Crippen molar-refractivity contribution >= 4 is 21.6 Å². The Morgan fingerprint density at radius 1 is 1.36 bits per heavy atom. The van der Waals surface area contributed by atoms with Crippen LogP contribution in [0.25, 0.3) is 0 Å². The SMILES string of the molecule is Cc1cc(NC(=O)c2ccncc2)n([C@@H]2CCS(=O)(=O)C2)n1. The lowest BCUT2D eigenvalue weighted by Gasteiger charge is -2.13. The first kappa shape index (κ1) is 14.7. The van der Waals surface area contributed by atoms with Crippen LogP contribution in [0.1, 0.15) is 28.5 Å². The monoisotopic (exact) mass is 320 g/mol. The smallest absolute Gasteiger partial charge is 0.256 e. The molecule has 2 aromatic rings. The van der Waals surface area contributed by atoms with Crippen molar-refractivity contribution in [1.82, 2.24) is 14.8 Å². The van der Waals surface area contributed by atoms with Crippen molar-refractivity contribution < 1.29 is 13.2 Å². The summed E-state index contributed by atoms with van der Waals surface area (Å²) >= 11 is 0. The summed E-state index contributed by atoms with van der Waals surface area (Å²) in [6.45, 7) is 1.81. The number of nitrogens with zero attached hydrogens (tertiary/aromatic N) is 3.